The van der Waals surface area contributed by atoms with E-state index in [1.54, 1.807) is 24.3 Å². The highest BCUT2D eigenvalue weighted by atomic mass is 35.5. The molecule has 30 heavy (non-hydrogen) atoms. The minimum atomic E-state index is -5.22. The third-order valence-electron chi connectivity index (χ3n) is 5.54. The summed E-state index contributed by atoms with van der Waals surface area (Å²) in [5, 5.41) is 1.26. The van der Waals surface area contributed by atoms with E-state index in [9.17, 15) is 22.8 Å². The number of rotatable bonds is 3. The summed E-state index contributed by atoms with van der Waals surface area (Å²) >= 11 is 6.05. The second-order valence-corrected chi connectivity index (χ2v) is 8.01. The number of esters is 1. The maximum atomic E-state index is 12.6. The number of benzene rings is 1. The van der Waals surface area contributed by atoms with Crippen molar-refractivity contribution < 1.29 is 27.5 Å². The van der Waals surface area contributed by atoms with E-state index >= 15 is 0 Å². The van der Waals surface area contributed by atoms with Crippen LogP contribution in [0.3, 0.4) is 0 Å². The van der Waals surface area contributed by atoms with Crippen molar-refractivity contribution in [2.45, 2.75) is 37.5 Å². The van der Waals surface area contributed by atoms with Gasteiger partial charge in [0, 0.05) is 27.4 Å². The summed E-state index contributed by atoms with van der Waals surface area (Å²) in [7, 11) is 0. The predicted molar refractivity (Wildman–Crippen MR) is 104 cm³/mol. The Morgan fingerprint density at radius 1 is 1.27 bits per heavy atom. The Morgan fingerprint density at radius 3 is 2.67 bits per heavy atom. The highest BCUT2D eigenvalue weighted by Gasteiger charge is 2.45. The second-order valence-electron chi connectivity index (χ2n) is 7.58. The van der Waals surface area contributed by atoms with Gasteiger partial charge in [-0.2, -0.15) is 13.2 Å². The lowest BCUT2D eigenvalue weighted by molar-refractivity contribution is -0.203. The first-order chi connectivity index (χ1) is 14.0. The van der Waals surface area contributed by atoms with Gasteiger partial charge < -0.3 is 16.2 Å². The molecule has 10 heteroatoms. The first-order valence-corrected chi connectivity index (χ1v) is 9.57. The average Bonchev–Trinajstić information content (AvgIpc) is 2.63. The number of nitrogen functional groups attached to an aromatic ring is 1. The molecule has 0 saturated carbocycles. The Bertz CT molecular complexity index is 1100. The molecule has 6 nitrogen and oxygen atoms in total. The Hall–Kier alpha value is -2.81. The van der Waals surface area contributed by atoms with Gasteiger partial charge in [-0.25, -0.2) is 4.79 Å². The van der Waals surface area contributed by atoms with E-state index in [4.69, 9.17) is 23.1 Å². The van der Waals surface area contributed by atoms with Gasteiger partial charge in [0.1, 0.15) is 0 Å². The van der Waals surface area contributed by atoms with Crippen molar-refractivity contribution in [1.29, 1.82) is 0 Å². The topological polar surface area (TPSA) is 108 Å². The van der Waals surface area contributed by atoms with Crippen LogP contribution in [0.5, 0.6) is 0 Å². The minimum Gasteiger partial charge on any atom is -0.441 e. The summed E-state index contributed by atoms with van der Waals surface area (Å²) < 4.78 is 42.3. The van der Waals surface area contributed by atoms with Gasteiger partial charge in [0.2, 0.25) is 6.10 Å². The number of hydrogen-bond donors (Lipinski definition) is 2. The molecule has 1 heterocycles. The number of amides is 1. The monoisotopic (exact) mass is 439 g/mol. The molecule has 0 fully saturated rings. The fourth-order valence-electron chi connectivity index (χ4n) is 4.41. The van der Waals surface area contributed by atoms with Crippen LogP contribution in [-0.2, 0) is 20.7 Å². The SMILES string of the molecule is NC(=O)C(OC(=O)C(F)(F)F)C1=CC2Cc3nc4cc(Cl)ccc4c(N)c3C(C1)C2. The lowest BCUT2D eigenvalue weighted by atomic mass is 9.70. The maximum Gasteiger partial charge on any atom is 0.490 e. The number of allylic oxidation sites excluding steroid dienone is 1. The summed E-state index contributed by atoms with van der Waals surface area (Å²) in [4.78, 5) is 27.7. The number of carbonyl (C=O) groups excluding carboxylic acids is 2. The minimum absolute atomic E-state index is 0.0961. The molecule has 3 unspecified atom stereocenters. The standard InChI is InChI=1S/C20H17ClF3N3O3/c21-11-1-2-12-13(7-11)27-14-5-8-3-9(15(14)16(12)25)6-10(4-8)17(18(26)28)30-19(29)20(22,23)24/h1-2,4,7-9,17H,3,5-6H2,(H2,25,27)(H2,26,28). The number of aromatic nitrogens is 1. The van der Waals surface area contributed by atoms with E-state index in [2.05, 4.69) is 9.72 Å². The van der Waals surface area contributed by atoms with Gasteiger partial charge in [-0.05, 0) is 54.9 Å². The number of nitrogens with zero attached hydrogens (tertiary/aromatic N) is 1. The zero-order valence-corrected chi connectivity index (χ0v) is 16.3. The van der Waals surface area contributed by atoms with E-state index in [1.807, 2.05) is 0 Å². The van der Waals surface area contributed by atoms with Crippen LogP contribution in [0.4, 0.5) is 18.9 Å². The summed E-state index contributed by atoms with van der Waals surface area (Å²) in [6.07, 6.45) is -3.97. The van der Waals surface area contributed by atoms with E-state index < -0.39 is 24.2 Å². The number of nitrogens with two attached hydrogens (primary N) is 2. The van der Waals surface area contributed by atoms with Crippen LogP contribution < -0.4 is 11.5 Å². The third kappa shape index (κ3) is 3.58. The molecule has 0 spiro atoms. The molecule has 1 aromatic carbocycles. The fraction of sp³-hybridized carbons (Fsp3) is 0.350. The van der Waals surface area contributed by atoms with E-state index in [1.165, 1.54) is 0 Å². The average molecular weight is 440 g/mol. The number of primary amides is 1. The van der Waals surface area contributed by atoms with Gasteiger partial charge in [0.25, 0.3) is 5.91 Å². The summed E-state index contributed by atoms with van der Waals surface area (Å²) in [6, 6.07) is 5.19. The van der Waals surface area contributed by atoms with Crippen molar-refractivity contribution >= 4 is 40.1 Å². The molecule has 2 aromatic rings. The van der Waals surface area contributed by atoms with Gasteiger partial charge in [0.15, 0.2) is 0 Å². The molecule has 1 amide bonds. The Kier molecular flexibility index (Phi) is 4.88. The number of anilines is 1. The predicted octanol–water partition coefficient (Wildman–Crippen LogP) is 3.41. The maximum absolute atomic E-state index is 12.6. The molecule has 2 aliphatic rings. The molecule has 0 saturated heterocycles. The molecule has 3 atom stereocenters. The lowest BCUT2D eigenvalue weighted by Crippen LogP contribution is -2.40. The van der Waals surface area contributed by atoms with Crippen LogP contribution in [0.15, 0.2) is 29.8 Å². The highest BCUT2D eigenvalue weighted by molar-refractivity contribution is 6.31. The number of ether oxygens (including phenoxy) is 1. The summed E-state index contributed by atoms with van der Waals surface area (Å²) in [6.45, 7) is 0. The lowest BCUT2D eigenvalue weighted by Gasteiger charge is -2.37. The number of halogens is 4. The van der Waals surface area contributed by atoms with E-state index in [-0.39, 0.29) is 23.8 Å². The molecule has 4 rings (SSSR count). The molecule has 158 valence electrons. The zero-order valence-electron chi connectivity index (χ0n) is 15.5. The quantitative estimate of drug-likeness (QED) is 0.562. The molecule has 0 radical (unpaired) electrons. The molecular weight excluding hydrogens is 423 g/mol. The smallest absolute Gasteiger partial charge is 0.441 e. The van der Waals surface area contributed by atoms with E-state index in [0.29, 0.717) is 29.1 Å². The van der Waals surface area contributed by atoms with Crippen molar-refractivity contribution in [1.82, 2.24) is 4.98 Å². The number of carbonyl (C=O) groups is 2. The molecule has 0 aliphatic heterocycles. The van der Waals surface area contributed by atoms with Crippen LogP contribution in [0.1, 0.15) is 30.0 Å². The number of fused-ring (bicyclic) bond motifs is 5. The second kappa shape index (κ2) is 7.16. The van der Waals surface area contributed by atoms with Crippen molar-refractivity contribution in [3.8, 4) is 0 Å². The van der Waals surface area contributed by atoms with E-state index in [0.717, 1.165) is 16.6 Å². The van der Waals surface area contributed by atoms with Gasteiger partial charge in [-0.3, -0.25) is 9.78 Å². The molecule has 2 aliphatic carbocycles. The highest BCUT2D eigenvalue weighted by Crippen LogP contribution is 2.47. The van der Waals surface area contributed by atoms with Crippen molar-refractivity contribution in [2.75, 3.05) is 5.73 Å². The number of pyridine rings is 1. The first-order valence-electron chi connectivity index (χ1n) is 9.19. The van der Waals surface area contributed by atoms with Crippen molar-refractivity contribution in [3.63, 3.8) is 0 Å². The van der Waals surface area contributed by atoms with Crippen LogP contribution in [0.2, 0.25) is 5.02 Å². The number of hydrogen-bond acceptors (Lipinski definition) is 5. The number of alkyl halides is 3. The summed E-state index contributed by atoms with van der Waals surface area (Å²) in [5.74, 6) is -3.88. The molecular formula is C20H17ClF3N3O3. The normalized spacial score (nSPS) is 21.5. The van der Waals surface area contributed by atoms with Crippen LogP contribution in [-0.4, -0.2) is 29.1 Å². The fourth-order valence-corrected chi connectivity index (χ4v) is 4.58. The molecule has 1 aromatic heterocycles. The summed E-state index contributed by atoms with van der Waals surface area (Å²) in [5.41, 5.74) is 14.7. The van der Waals surface area contributed by atoms with Crippen molar-refractivity contribution in [2.24, 2.45) is 11.7 Å². The Balaban J connectivity index is 1.70. The van der Waals surface area contributed by atoms with Crippen LogP contribution in [0, 0.1) is 5.92 Å². The van der Waals surface area contributed by atoms with Crippen LogP contribution in [0.25, 0.3) is 10.9 Å². The van der Waals surface area contributed by atoms with Gasteiger partial charge in [-0.15, -0.1) is 0 Å². The molecule has 4 N–H and O–H groups in total. The van der Waals surface area contributed by atoms with Gasteiger partial charge >= 0.3 is 12.1 Å². The third-order valence-corrected chi connectivity index (χ3v) is 5.78. The first kappa shape index (κ1) is 20.5. The zero-order chi connectivity index (χ0) is 21.8. The van der Waals surface area contributed by atoms with Gasteiger partial charge in [0.05, 0.1) is 5.52 Å². The largest absolute Gasteiger partial charge is 0.490 e. The van der Waals surface area contributed by atoms with Crippen molar-refractivity contribution in [3.05, 3.63) is 46.1 Å². The van der Waals surface area contributed by atoms with Crippen LogP contribution >= 0.6 is 11.6 Å². The van der Waals surface area contributed by atoms with Gasteiger partial charge in [-0.1, -0.05) is 17.7 Å². The Morgan fingerprint density at radius 2 is 2.00 bits per heavy atom. The molecule has 2 bridgehead atoms. The Labute approximate surface area is 174 Å².